The fourth-order valence-electron chi connectivity index (χ4n) is 9.46. The third kappa shape index (κ3) is 7.33. The number of aliphatic hydroxyl groups is 1. The Labute approximate surface area is 286 Å². The molecular formula is C36H61NO11. The van der Waals surface area contributed by atoms with Gasteiger partial charge in [0.25, 0.3) is 0 Å². The summed E-state index contributed by atoms with van der Waals surface area (Å²) in [4.78, 5) is 28.7. The largest absolute Gasteiger partial charge is 0.459 e. The van der Waals surface area contributed by atoms with E-state index in [0.717, 1.165) is 0 Å². The van der Waals surface area contributed by atoms with E-state index < -0.39 is 71.5 Å². The molecule has 5 heterocycles. The molecule has 0 aromatic carbocycles. The number of ether oxygens (including phenoxy) is 8. The molecule has 1 N–H and O–H groups in total. The Kier molecular flexibility index (Phi) is 11.3. The normalized spacial score (nSPS) is 48.8. The average Bonchev–Trinajstić information content (AvgIpc) is 3.47. The molecule has 0 aromatic rings. The standard InChI is InChI=1S/C36H61NO11/c1-12-26-36(11,48-34(8,9)46-26)31-23(6)28-19(2)18-35(10,47-28)30(21(4)27(39)22(5)32(40)44-31)45-33-29(43-24(7)38)25(17-20(3)42-33)37-13-15-41-16-14-37/h19-23,25-31,33,39H,12-18H2,1-11H3/t19?,20?,21-,22+,23-,25?,26+,27-,28?,29?,30+,31+,33-,35+,36+/m0/s1. The summed E-state index contributed by atoms with van der Waals surface area (Å²) in [5.74, 6) is -3.50. The van der Waals surface area contributed by atoms with Crippen molar-refractivity contribution in [2.24, 2.45) is 23.7 Å². The van der Waals surface area contributed by atoms with Crippen molar-refractivity contribution in [3.8, 4) is 0 Å². The summed E-state index contributed by atoms with van der Waals surface area (Å²) in [6, 6.07) is -0.140. The molecule has 5 unspecified atom stereocenters. The number of fused-ring (bicyclic) bond motifs is 2. The van der Waals surface area contributed by atoms with E-state index in [1.54, 1.807) is 6.92 Å². The molecule has 5 aliphatic heterocycles. The minimum Gasteiger partial charge on any atom is -0.459 e. The fraction of sp³-hybridized carbons (Fsp3) is 0.944. The van der Waals surface area contributed by atoms with Gasteiger partial charge in [0.2, 0.25) is 0 Å². The van der Waals surface area contributed by atoms with E-state index in [1.807, 2.05) is 55.4 Å². The van der Waals surface area contributed by atoms with Crippen LogP contribution in [0.4, 0.5) is 0 Å². The number of carbonyl (C=O) groups is 2. The lowest BCUT2D eigenvalue weighted by Crippen LogP contribution is -2.62. The van der Waals surface area contributed by atoms with E-state index in [-0.39, 0.29) is 36.2 Å². The molecule has 5 saturated heterocycles. The third-order valence-electron chi connectivity index (χ3n) is 11.6. The van der Waals surface area contributed by atoms with Crippen molar-refractivity contribution in [3.63, 3.8) is 0 Å². The number of carbonyl (C=O) groups excluding carboxylic acids is 2. The van der Waals surface area contributed by atoms with Gasteiger partial charge in [0.15, 0.2) is 18.2 Å². The van der Waals surface area contributed by atoms with Crippen LogP contribution in [0.25, 0.3) is 0 Å². The molecule has 276 valence electrons. The van der Waals surface area contributed by atoms with Gasteiger partial charge in [0.05, 0.1) is 61.3 Å². The Balaban J connectivity index is 1.51. The first-order valence-electron chi connectivity index (χ1n) is 18.1. The van der Waals surface area contributed by atoms with Gasteiger partial charge in [-0.1, -0.05) is 27.7 Å². The van der Waals surface area contributed by atoms with Crippen molar-refractivity contribution in [2.75, 3.05) is 26.3 Å². The van der Waals surface area contributed by atoms with Crippen molar-refractivity contribution >= 4 is 11.9 Å². The van der Waals surface area contributed by atoms with Crippen molar-refractivity contribution < 1.29 is 52.6 Å². The number of esters is 2. The number of morpholine rings is 1. The molecule has 12 heteroatoms. The maximum absolute atomic E-state index is 14.0. The van der Waals surface area contributed by atoms with Crippen molar-refractivity contribution in [1.29, 1.82) is 0 Å². The molecule has 5 aliphatic rings. The first kappa shape index (κ1) is 37.9. The Morgan fingerprint density at radius 3 is 2.31 bits per heavy atom. The monoisotopic (exact) mass is 683 g/mol. The highest BCUT2D eigenvalue weighted by atomic mass is 16.8. The fourth-order valence-corrected chi connectivity index (χ4v) is 9.46. The highest BCUT2D eigenvalue weighted by molar-refractivity contribution is 5.73. The number of nitrogens with zero attached hydrogens (tertiary/aromatic N) is 1. The van der Waals surface area contributed by atoms with Gasteiger partial charge in [0.1, 0.15) is 11.7 Å². The molecule has 0 saturated carbocycles. The molecule has 0 spiro atoms. The lowest BCUT2D eigenvalue weighted by molar-refractivity contribution is -0.305. The lowest BCUT2D eigenvalue weighted by Gasteiger charge is -2.48. The van der Waals surface area contributed by atoms with Gasteiger partial charge < -0.3 is 43.0 Å². The van der Waals surface area contributed by atoms with Crippen LogP contribution in [0.1, 0.15) is 95.4 Å². The summed E-state index contributed by atoms with van der Waals surface area (Å²) in [7, 11) is 0. The molecule has 48 heavy (non-hydrogen) atoms. The van der Waals surface area contributed by atoms with Crippen molar-refractivity contribution in [3.05, 3.63) is 0 Å². The topological polar surface area (TPSA) is 131 Å². The quantitative estimate of drug-likeness (QED) is 0.408. The van der Waals surface area contributed by atoms with Crippen LogP contribution in [-0.2, 0) is 47.5 Å². The highest BCUT2D eigenvalue weighted by Crippen LogP contribution is 2.50. The van der Waals surface area contributed by atoms with Gasteiger partial charge in [-0.3, -0.25) is 14.5 Å². The molecule has 5 fully saturated rings. The zero-order valence-electron chi connectivity index (χ0n) is 30.9. The zero-order chi connectivity index (χ0) is 35.3. The molecule has 0 aromatic heterocycles. The Morgan fingerprint density at radius 1 is 1.02 bits per heavy atom. The van der Waals surface area contributed by atoms with Crippen LogP contribution in [0, 0.1) is 23.7 Å². The molecule has 15 atom stereocenters. The lowest BCUT2D eigenvalue weighted by atomic mass is 9.76. The SMILES string of the molecule is CC[C@H]1OC(C)(C)O[C@@]1(C)[C@@H]1OC(=O)[C@H](C)[C@@H](O)[C@H](C)[C@@H](O[C@@H]2OC(C)CC(N3CCOCC3)C2OC(C)=O)[C@@]2(C)CC(C)C(O2)[C@@H]1C. The predicted octanol–water partition coefficient (Wildman–Crippen LogP) is 3.84. The van der Waals surface area contributed by atoms with E-state index in [0.29, 0.717) is 45.6 Å². The zero-order valence-corrected chi connectivity index (χ0v) is 30.9. The Morgan fingerprint density at radius 2 is 1.69 bits per heavy atom. The molecule has 5 rings (SSSR count). The molecule has 2 bridgehead atoms. The number of hydrogen-bond donors (Lipinski definition) is 1. The van der Waals surface area contributed by atoms with Gasteiger partial charge in [-0.2, -0.15) is 0 Å². The van der Waals surface area contributed by atoms with Crippen LogP contribution < -0.4 is 0 Å². The highest BCUT2D eigenvalue weighted by Gasteiger charge is 2.62. The van der Waals surface area contributed by atoms with Crippen LogP contribution in [0.3, 0.4) is 0 Å². The summed E-state index contributed by atoms with van der Waals surface area (Å²) in [6.45, 7) is 23.5. The number of cyclic esters (lactones) is 1. The van der Waals surface area contributed by atoms with E-state index in [4.69, 9.17) is 37.9 Å². The predicted molar refractivity (Wildman–Crippen MR) is 175 cm³/mol. The van der Waals surface area contributed by atoms with Gasteiger partial charge in [0, 0.05) is 31.8 Å². The van der Waals surface area contributed by atoms with E-state index >= 15 is 0 Å². The van der Waals surface area contributed by atoms with Gasteiger partial charge in [-0.15, -0.1) is 0 Å². The van der Waals surface area contributed by atoms with Crippen LogP contribution in [-0.4, -0.2) is 120 Å². The molecule has 0 amide bonds. The Bertz CT molecular complexity index is 1150. The van der Waals surface area contributed by atoms with Crippen molar-refractivity contribution in [1.82, 2.24) is 4.90 Å². The van der Waals surface area contributed by atoms with Crippen LogP contribution in [0.15, 0.2) is 0 Å². The van der Waals surface area contributed by atoms with E-state index in [9.17, 15) is 14.7 Å². The van der Waals surface area contributed by atoms with E-state index in [2.05, 4.69) is 11.8 Å². The van der Waals surface area contributed by atoms with Crippen LogP contribution in [0.2, 0.25) is 0 Å². The maximum atomic E-state index is 14.0. The Hall–Kier alpha value is -1.38. The number of rotatable bonds is 6. The molecule has 0 aliphatic carbocycles. The minimum absolute atomic E-state index is 0.0501. The summed E-state index contributed by atoms with van der Waals surface area (Å²) in [6.07, 6.45) is -3.07. The minimum atomic E-state index is -1.14. The second-order valence-electron chi connectivity index (χ2n) is 16.0. The summed E-state index contributed by atoms with van der Waals surface area (Å²) in [5.41, 5.74) is -1.83. The third-order valence-corrected chi connectivity index (χ3v) is 11.6. The van der Waals surface area contributed by atoms with Crippen molar-refractivity contribution in [2.45, 2.75) is 167 Å². The van der Waals surface area contributed by atoms with Crippen LogP contribution >= 0.6 is 0 Å². The molecule has 0 radical (unpaired) electrons. The van der Waals surface area contributed by atoms with Gasteiger partial charge >= 0.3 is 11.9 Å². The average molecular weight is 684 g/mol. The second-order valence-corrected chi connectivity index (χ2v) is 16.0. The summed E-state index contributed by atoms with van der Waals surface area (Å²) >= 11 is 0. The second kappa shape index (κ2) is 14.3. The number of aliphatic hydroxyl groups excluding tert-OH is 1. The summed E-state index contributed by atoms with van der Waals surface area (Å²) < 4.78 is 51.3. The smallest absolute Gasteiger partial charge is 0.311 e. The van der Waals surface area contributed by atoms with Crippen LogP contribution in [0.5, 0.6) is 0 Å². The van der Waals surface area contributed by atoms with E-state index in [1.165, 1.54) is 6.92 Å². The first-order valence-corrected chi connectivity index (χ1v) is 18.1. The first-order chi connectivity index (χ1) is 22.4. The number of hydrogen-bond acceptors (Lipinski definition) is 12. The molecular weight excluding hydrogens is 622 g/mol. The van der Waals surface area contributed by atoms with Gasteiger partial charge in [-0.25, -0.2) is 0 Å². The molecule has 12 nitrogen and oxygen atoms in total. The summed E-state index contributed by atoms with van der Waals surface area (Å²) in [5, 5.41) is 11.9. The maximum Gasteiger partial charge on any atom is 0.311 e. The van der Waals surface area contributed by atoms with Gasteiger partial charge in [-0.05, 0) is 66.7 Å².